The van der Waals surface area contributed by atoms with Crippen LogP contribution in [0.3, 0.4) is 0 Å². The summed E-state index contributed by atoms with van der Waals surface area (Å²) in [6.07, 6.45) is 4.06. The van der Waals surface area contributed by atoms with Gasteiger partial charge < -0.3 is 4.90 Å². The molecule has 0 bridgehead atoms. The van der Waals surface area contributed by atoms with Gasteiger partial charge in [0.05, 0.1) is 0 Å². The predicted molar refractivity (Wildman–Crippen MR) is 89.8 cm³/mol. The smallest absolute Gasteiger partial charge is 0.134 e. The summed E-state index contributed by atoms with van der Waals surface area (Å²) in [4.78, 5) is 14.5. The van der Waals surface area contributed by atoms with E-state index < -0.39 is 0 Å². The van der Waals surface area contributed by atoms with Gasteiger partial charge in [-0.25, -0.2) is 9.97 Å². The van der Waals surface area contributed by atoms with E-state index >= 15 is 0 Å². The van der Waals surface area contributed by atoms with Gasteiger partial charge in [0.15, 0.2) is 0 Å². The van der Waals surface area contributed by atoms with Crippen LogP contribution in [0.5, 0.6) is 0 Å². The quantitative estimate of drug-likeness (QED) is 0.763. The molecule has 1 aromatic heterocycles. The predicted octanol–water partition coefficient (Wildman–Crippen LogP) is 3.43. The van der Waals surface area contributed by atoms with Gasteiger partial charge in [0.25, 0.3) is 0 Å². The van der Waals surface area contributed by atoms with E-state index in [-0.39, 0.29) is 0 Å². The van der Waals surface area contributed by atoms with Crippen LogP contribution in [0.4, 0.5) is 5.82 Å². The molecule has 0 aromatic carbocycles. The summed E-state index contributed by atoms with van der Waals surface area (Å²) < 4.78 is 0.898. The summed E-state index contributed by atoms with van der Waals surface area (Å²) in [5.41, 5.74) is 0. The average Bonchev–Trinajstić information content (AvgIpc) is 2.45. The monoisotopic (exact) mass is 352 g/mol. The van der Waals surface area contributed by atoms with E-state index in [0.29, 0.717) is 18.0 Å². The maximum Gasteiger partial charge on any atom is 0.134 e. The molecule has 3 rings (SSSR count). The molecule has 3 heterocycles. The molecule has 2 fully saturated rings. The minimum atomic E-state index is 0.354. The summed E-state index contributed by atoms with van der Waals surface area (Å²) >= 11 is 3.55. The number of nitrogens with zero attached hydrogens (tertiary/aromatic N) is 4. The van der Waals surface area contributed by atoms with Crippen molar-refractivity contribution in [3.05, 3.63) is 16.5 Å². The molecular weight excluding hydrogens is 328 g/mol. The highest BCUT2D eigenvalue weighted by molar-refractivity contribution is 9.10. The number of fused-ring (bicyclic) bond motifs is 1. The van der Waals surface area contributed by atoms with Gasteiger partial charge in [0.2, 0.25) is 0 Å². The van der Waals surface area contributed by atoms with Crippen LogP contribution in [0, 0.1) is 0 Å². The van der Waals surface area contributed by atoms with Crippen molar-refractivity contribution in [1.29, 1.82) is 0 Å². The lowest BCUT2D eigenvalue weighted by Gasteiger charge is -2.48. The Hall–Kier alpha value is -0.680. The highest BCUT2D eigenvalue weighted by Gasteiger charge is 2.33. The molecule has 2 aliphatic rings. The molecule has 0 N–H and O–H groups in total. The zero-order chi connectivity index (χ0) is 15.0. The minimum Gasteiger partial charge on any atom is -0.351 e. The number of hydrogen-bond donors (Lipinski definition) is 0. The van der Waals surface area contributed by atoms with E-state index in [1.54, 1.807) is 0 Å². The second-order valence-corrected chi connectivity index (χ2v) is 7.52. The molecule has 5 heteroatoms. The van der Waals surface area contributed by atoms with Crippen LogP contribution in [0.15, 0.2) is 10.7 Å². The Labute approximate surface area is 136 Å². The van der Waals surface area contributed by atoms with Gasteiger partial charge in [-0.3, -0.25) is 4.90 Å². The highest BCUT2D eigenvalue weighted by atomic mass is 79.9. The number of anilines is 1. The van der Waals surface area contributed by atoms with Crippen LogP contribution in [0.25, 0.3) is 0 Å². The van der Waals surface area contributed by atoms with Gasteiger partial charge in [-0.05, 0) is 42.2 Å². The van der Waals surface area contributed by atoms with Gasteiger partial charge in [0.1, 0.15) is 16.2 Å². The number of rotatable bonds is 2. The normalized spacial score (nSPS) is 27.0. The van der Waals surface area contributed by atoms with Crippen molar-refractivity contribution in [3.8, 4) is 0 Å². The zero-order valence-electron chi connectivity index (χ0n) is 13.2. The molecule has 2 aliphatic heterocycles. The summed E-state index contributed by atoms with van der Waals surface area (Å²) in [5, 5.41) is 0. The molecule has 0 spiro atoms. The van der Waals surface area contributed by atoms with Crippen molar-refractivity contribution in [2.24, 2.45) is 0 Å². The van der Waals surface area contributed by atoms with Gasteiger partial charge in [-0.15, -0.1) is 0 Å². The first-order valence-electron chi connectivity index (χ1n) is 8.09. The molecule has 21 heavy (non-hydrogen) atoms. The van der Waals surface area contributed by atoms with Crippen LogP contribution in [-0.2, 0) is 0 Å². The molecule has 0 amide bonds. The fraction of sp³-hybridized carbons (Fsp3) is 0.750. The Morgan fingerprint density at radius 1 is 1.24 bits per heavy atom. The third-order valence-electron chi connectivity index (χ3n) is 4.70. The fourth-order valence-electron chi connectivity index (χ4n) is 3.50. The third kappa shape index (κ3) is 3.24. The molecule has 1 aromatic rings. The van der Waals surface area contributed by atoms with Gasteiger partial charge >= 0.3 is 0 Å². The molecule has 116 valence electrons. The first-order chi connectivity index (χ1) is 10.0. The summed E-state index contributed by atoms with van der Waals surface area (Å²) in [5.74, 6) is 2.36. The molecule has 4 nitrogen and oxygen atoms in total. The molecular formula is C16H25BrN4. The van der Waals surface area contributed by atoms with E-state index in [9.17, 15) is 0 Å². The molecule has 0 aliphatic carbocycles. The zero-order valence-corrected chi connectivity index (χ0v) is 14.8. The van der Waals surface area contributed by atoms with Crippen LogP contribution in [-0.4, -0.2) is 46.6 Å². The topological polar surface area (TPSA) is 32.3 Å². The Morgan fingerprint density at radius 3 is 2.81 bits per heavy atom. The van der Waals surface area contributed by atoms with E-state index in [2.05, 4.69) is 57.6 Å². The lowest BCUT2D eigenvalue weighted by molar-refractivity contribution is 0.115. The highest BCUT2D eigenvalue weighted by Crippen LogP contribution is 2.29. The first kappa shape index (κ1) is 15.2. The van der Waals surface area contributed by atoms with Crippen LogP contribution in [0.1, 0.15) is 51.8 Å². The second-order valence-electron chi connectivity index (χ2n) is 6.71. The van der Waals surface area contributed by atoms with Gasteiger partial charge in [-0.2, -0.15) is 0 Å². The van der Waals surface area contributed by atoms with E-state index in [1.165, 1.54) is 25.8 Å². The van der Waals surface area contributed by atoms with E-state index in [4.69, 9.17) is 4.98 Å². The Kier molecular flexibility index (Phi) is 4.50. The van der Waals surface area contributed by atoms with Crippen LogP contribution < -0.4 is 4.90 Å². The summed E-state index contributed by atoms with van der Waals surface area (Å²) in [6.45, 7) is 10.1. The van der Waals surface area contributed by atoms with Crippen molar-refractivity contribution in [3.63, 3.8) is 0 Å². The van der Waals surface area contributed by atoms with Crippen LogP contribution in [0.2, 0.25) is 0 Å². The van der Waals surface area contributed by atoms with Crippen molar-refractivity contribution in [2.45, 2.75) is 58.0 Å². The maximum atomic E-state index is 4.81. The summed E-state index contributed by atoms with van der Waals surface area (Å²) in [6, 6.07) is 3.29. The Bertz CT molecular complexity index is 505. The van der Waals surface area contributed by atoms with Crippen molar-refractivity contribution in [2.75, 3.05) is 24.5 Å². The molecule has 2 atom stereocenters. The summed E-state index contributed by atoms with van der Waals surface area (Å²) in [7, 11) is 0. The number of piperidine rings is 1. The van der Waals surface area contributed by atoms with E-state index in [0.717, 1.165) is 29.3 Å². The Balaban J connectivity index is 1.85. The molecule has 0 radical (unpaired) electrons. The van der Waals surface area contributed by atoms with Gasteiger partial charge in [0, 0.05) is 37.2 Å². The fourth-order valence-corrected chi connectivity index (χ4v) is 3.89. The van der Waals surface area contributed by atoms with E-state index in [1.807, 2.05) is 0 Å². The van der Waals surface area contributed by atoms with Crippen molar-refractivity contribution >= 4 is 21.7 Å². The van der Waals surface area contributed by atoms with Crippen molar-refractivity contribution in [1.82, 2.24) is 14.9 Å². The second kappa shape index (κ2) is 6.21. The van der Waals surface area contributed by atoms with Gasteiger partial charge in [-0.1, -0.05) is 20.3 Å². The standard InChI is InChI=1S/C16H25BrN4/c1-11(2)16-18-14(17)8-15(19-16)21-10-13-6-4-5-7-20(13)9-12(21)3/h8,11-13H,4-7,9-10H2,1-3H3. The third-order valence-corrected chi connectivity index (χ3v) is 5.10. The van der Waals surface area contributed by atoms with Crippen LogP contribution >= 0.6 is 15.9 Å². The lowest BCUT2D eigenvalue weighted by Crippen LogP contribution is -2.59. The Morgan fingerprint density at radius 2 is 2.05 bits per heavy atom. The maximum absolute atomic E-state index is 4.81. The molecule has 2 unspecified atom stereocenters. The lowest BCUT2D eigenvalue weighted by atomic mass is 9.97. The SMILES string of the molecule is CC(C)c1nc(Br)cc(N2CC3CCCCN3CC2C)n1. The average molecular weight is 353 g/mol. The van der Waals surface area contributed by atoms with Crippen molar-refractivity contribution < 1.29 is 0 Å². The largest absolute Gasteiger partial charge is 0.351 e. The minimum absolute atomic E-state index is 0.354. The number of aromatic nitrogens is 2. The molecule has 2 saturated heterocycles. The number of halogens is 1. The number of piperazine rings is 1. The first-order valence-corrected chi connectivity index (χ1v) is 8.89. The molecule has 0 saturated carbocycles. The number of hydrogen-bond acceptors (Lipinski definition) is 4.